The van der Waals surface area contributed by atoms with Crippen LogP contribution in [0.2, 0.25) is 0 Å². The van der Waals surface area contributed by atoms with Crippen molar-refractivity contribution in [3.8, 4) is 55.9 Å². The van der Waals surface area contributed by atoms with Gasteiger partial charge in [-0.15, -0.1) is 0 Å². The highest BCUT2D eigenvalue weighted by Gasteiger charge is 2.20. The fraction of sp³-hybridized carbons (Fsp3) is 0.227. The average Bonchev–Trinajstić information content (AvgIpc) is 3.03. The van der Waals surface area contributed by atoms with E-state index in [1.807, 2.05) is 12.4 Å². The number of benzene rings is 4. The molecule has 0 saturated heterocycles. The van der Waals surface area contributed by atoms with Gasteiger partial charge < -0.3 is 0 Å². The van der Waals surface area contributed by atoms with Crippen LogP contribution >= 0.6 is 31.9 Å². The first-order chi connectivity index (χ1) is 22.7. The molecule has 0 unspecified atom stereocenters. The Labute approximate surface area is 303 Å². The molecule has 0 aliphatic carbocycles. The Kier molecular flexibility index (Phi) is 9.37. The highest BCUT2D eigenvalue weighted by molar-refractivity contribution is 9.11. The van der Waals surface area contributed by atoms with Crippen molar-refractivity contribution in [1.29, 1.82) is 0 Å². The zero-order chi connectivity index (χ0) is 34.4. The van der Waals surface area contributed by atoms with E-state index in [4.69, 9.17) is 9.97 Å². The summed E-state index contributed by atoms with van der Waals surface area (Å²) in [6, 6.07) is 35.3. The Morgan fingerprint density at radius 2 is 0.896 bits per heavy atom. The molecule has 6 rings (SSSR count). The molecule has 2 nitrogen and oxygen atoms in total. The quantitative estimate of drug-likeness (QED) is 0.175. The maximum Gasteiger partial charge on any atom is 0.0705 e. The van der Waals surface area contributed by atoms with Gasteiger partial charge in [-0.2, -0.15) is 0 Å². The largest absolute Gasteiger partial charge is 0.256 e. The van der Waals surface area contributed by atoms with Crippen LogP contribution in [-0.4, -0.2) is 9.97 Å². The monoisotopic (exact) mass is 756 g/mol. The van der Waals surface area contributed by atoms with Crippen molar-refractivity contribution in [2.45, 2.75) is 66.2 Å². The van der Waals surface area contributed by atoms with E-state index in [1.165, 1.54) is 44.5 Å². The molecule has 0 atom stereocenters. The maximum absolute atomic E-state index is 4.73. The van der Waals surface area contributed by atoms with E-state index in [0.29, 0.717) is 0 Å². The lowest BCUT2D eigenvalue weighted by molar-refractivity contribution is 0.589. The van der Waals surface area contributed by atoms with Gasteiger partial charge >= 0.3 is 0 Å². The highest BCUT2D eigenvalue weighted by atomic mass is 79.9. The Hall–Kier alpha value is -3.86. The molecule has 4 heteroatoms. The van der Waals surface area contributed by atoms with Crippen LogP contribution in [0.4, 0.5) is 0 Å². The van der Waals surface area contributed by atoms with Gasteiger partial charge in [0.2, 0.25) is 0 Å². The molecule has 6 aromatic rings. The van der Waals surface area contributed by atoms with Gasteiger partial charge in [-0.05, 0) is 106 Å². The summed E-state index contributed by atoms with van der Waals surface area (Å²) >= 11 is 7.96. The lowest BCUT2D eigenvalue weighted by atomic mass is 9.85. The van der Waals surface area contributed by atoms with Gasteiger partial charge in [-0.25, -0.2) is 0 Å². The van der Waals surface area contributed by atoms with Crippen molar-refractivity contribution in [1.82, 2.24) is 9.97 Å². The fourth-order valence-corrected chi connectivity index (χ4v) is 7.51. The van der Waals surface area contributed by atoms with Gasteiger partial charge in [-0.1, -0.05) is 145 Å². The number of hydrogen-bond donors (Lipinski definition) is 0. The van der Waals surface area contributed by atoms with Gasteiger partial charge in [0.25, 0.3) is 0 Å². The molecule has 0 amide bonds. The number of nitrogens with zero attached hydrogens (tertiary/aromatic N) is 2. The SMILES string of the molecule is Cc1cc(C)cc(-c2c(-c3ccc(-c4cc(C(C)(C)C)ccn4)cc3Br)cccc2-c2ccc(-c3cc(C(C)(C)C)ccn3)cc2Br)c1. The van der Waals surface area contributed by atoms with Gasteiger partial charge in [0.05, 0.1) is 11.4 Å². The average molecular weight is 759 g/mol. The molecule has 0 spiro atoms. The van der Waals surface area contributed by atoms with Crippen LogP contribution < -0.4 is 0 Å². The first-order valence-electron chi connectivity index (χ1n) is 16.4. The van der Waals surface area contributed by atoms with Crippen molar-refractivity contribution in [3.63, 3.8) is 0 Å². The predicted octanol–water partition coefficient (Wildman–Crippen LogP) is 13.5. The molecular formula is C44H42Br2N2. The van der Waals surface area contributed by atoms with E-state index in [0.717, 1.165) is 42.6 Å². The molecule has 0 radical (unpaired) electrons. The van der Waals surface area contributed by atoms with E-state index < -0.39 is 0 Å². The normalized spacial score (nSPS) is 12.0. The smallest absolute Gasteiger partial charge is 0.0705 e. The van der Waals surface area contributed by atoms with Crippen LogP contribution in [0.3, 0.4) is 0 Å². The molecule has 2 aromatic heterocycles. The number of aromatic nitrogens is 2. The minimum absolute atomic E-state index is 0.0512. The summed E-state index contributed by atoms with van der Waals surface area (Å²) in [6.45, 7) is 17.8. The lowest BCUT2D eigenvalue weighted by Gasteiger charge is -2.21. The third-order valence-electron chi connectivity index (χ3n) is 8.94. The van der Waals surface area contributed by atoms with Crippen LogP contribution in [0, 0.1) is 13.8 Å². The van der Waals surface area contributed by atoms with Gasteiger partial charge in [0.1, 0.15) is 0 Å². The summed E-state index contributed by atoms with van der Waals surface area (Å²) in [5.74, 6) is 0. The molecule has 0 aliphatic rings. The molecule has 0 fully saturated rings. The molecule has 242 valence electrons. The molecule has 2 heterocycles. The Morgan fingerprint density at radius 1 is 0.458 bits per heavy atom. The number of aryl methyl sites for hydroxylation is 2. The van der Waals surface area contributed by atoms with Crippen LogP contribution in [0.15, 0.2) is 118 Å². The predicted molar refractivity (Wildman–Crippen MR) is 211 cm³/mol. The van der Waals surface area contributed by atoms with Crippen LogP contribution in [-0.2, 0) is 10.8 Å². The van der Waals surface area contributed by atoms with Crippen molar-refractivity contribution in [2.75, 3.05) is 0 Å². The van der Waals surface area contributed by atoms with Gasteiger partial charge in [0.15, 0.2) is 0 Å². The molecule has 48 heavy (non-hydrogen) atoms. The zero-order valence-electron chi connectivity index (χ0n) is 29.0. The number of hydrogen-bond acceptors (Lipinski definition) is 2. The minimum Gasteiger partial charge on any atom is -0.256 e. The van der Waals surface area contributed by atoms with Gasteiger partial charge in [0, 0.05) is 32.5 Å². The van der Waals surface area contributed by atoms with Gasteiger partial charge in [-0.3, -0.25) is 9.97 Å². The van der Waals surface area contributed by atoms with Crippen LogP contribution in [0.25, 0.3) is 55.9 Å². The molecule has 0 N–H and O–H groups in total. The van der Waals surface area contributed by atoms with E-state index in [9.17, 15) is 0 Å². The Morgan fingerprint density at radius 3 is 1.29 bits per heavy atom. The van der Waals surface area contributed by atoms with Crippen molar-refractivity contribution < 1.29 is 0 Å². The van der Waals surface area contributed by atoms with E-state index >= 15 is 0 Å². The number of rotatable bonds is 5. The molecule has 0 bridgehead atoms. The Balaban J connectivity index is 1.50. The summed E-state index contributed by atoms with van der Waals surface area (Å²) in [5, 5.41) is 0. The molecule has 0 saturated carbocycles. The fourth-order valence-electron chi connectivity index (χ4n) is 6.33. The van der Waals surface area contributed by atoms with Crippen molar-refractivity contribution in [2.24, 2.45) is 0 Å². The summed E-state index contributed by atoms with van der Waals surface area (Å²) in [4.78, 5) is 9.46. The molecule has 4 aromatic carbocycles. The third kappa shape index (κ3) is 7.11. The second-order valence-corrected chi connectivity index (χ2v) is 16.6. The van der Waals surface area contributed by atoms with Crippen LogP contribution in [0.5, 0.6) is 0 Å². The van der Waals surface area contributed by atoms with E-state index in [1.54, 1.807) is 0 Å². The third-order valence-corrected chi connectivity index (χ3v) is 10.2. The van der Waals surface area contributed by atoms with Crippen molar-refractivity contribution >= 4 is 31.9 Å². The van der Waals surface area contributed by atoms with Crippen LogP contribution in [0.1, 0.15) is 63.8 Å². The molecule has 0 aliphatic heterocycles. The maximum atomic E-state index is 4.73. The molecular weight excluding hydrogens is 716 g/mol. The first-order valence-corrected chi connectivity index (χ1v) is 18.0. The van der Waals surface area contributed by atoms with E-state index in [2.05, 4.69) is 184 Å². The van der Waals surface area contributed by atoms with Crippen molar-refractivity contribution in [3.05, 3.63) is 141 Å². The summed E-state index contributed by atoms with van der Waals surface area (Å²) in [7, 11) is 0. The first kappa shape index (κ1) is 34.0. The standard InChI is InChI=1S/C44H42Br2N2/c1-27-20-28(2)22-31(21-27)42-36(34-14-12-29(23-38(34)45)40-25-32(16-18-47-40)43(3,4)5)10-9-11-37(42)35-15-13-30(24-39(35)46)41-26-33(17-19-48-41)44(6,7)8/h9-26H,1-8H3. The zero-order valence-corrected chi connectivity index (χ0v) is 32.2. The summed E-state index contributed by atoms with van der Waals surface area (Å²) < 4.78 is 2.06. The van der Waals surface area contributed by atoms with E-state index in [-0.39, 0.29) is 10.8 Å². The number of halogens is 2. The Bertz CT molecular complexity index is 2000. The highest BCUT2D eigenvalue weighted by Crippen LogP contribution is 2.45. The number of pyridine rings is 2. The minimum atomic E-state index is 0.0512. The second kappa shape index (κ2) is 13.2. The topological polar surface area (TPSA) is 25.8 Å². The summed E-state index contributed by atoms with van der Waals surface area (Å²) in [6.07, 6.45) is 3.83. The second-order valence-electron chi connectivity index (χ2n) is 14.9. The summed E-state index contributed by atoms with van der Waals surface area (Å²) in [5.41, 5.74) is 16.3. The lowest BCUT2D eigenvalue weighted by Crippen LogP contribution is -2.11.